The first kappa shape index (κ1) is 17.4. The van der Waals surface area contributed by atoms with E-state index in [0.717, 1.165) is 5.56 Å². The van der Waals surface area contributed by atoms with Gasteiger partial charge in [0.2, 0.25) is 10.0 Å². The quantitative estimate of drug-likeness (QED) is 0.490. The molecule has 0 aliphatic heterocycles. The van der Waals surface area contributed by atoms with Crippen LogP contribution in [0.15, 0.2) is 53.4 Å². The van der Waals surface area contributed by atoms with Crippen molar-refractivity contribution in [2.75, 3.05) is 6.54 Å². The molecule has 6 nitrogen and oxygen atoms in total. The first-order chi connectivity index (χ1) is 10.8. The van der Waals surface area contributed by atoms with Crippen molar-refractivity contribution in [1.29, 1.82) is 0 Å². The van der Waals surface area contributed by atoms with Gasteiger partial charge in [0.05, 0.1) is 15.2 Å². The summed E-state index contributed by atoms with van der Waals surface area (Å²) in [7, 11) is -3.64. The Morgan fingerprint density at radius 2 is 1.70 bits per heavy atom. The lowest BCUT2D eigenvalue weighted by molar-refractivity contribution is -0.384. The average molecular weight is 355 g/mol. The minimum absolute atomic E-state index is 0.0183. The second-order valence-electron chi connectivity index (χ2n) is 4.98. The fraction of sp³-hybridized carbons (Fsp3) is 0.200. The van der Waals surface area contributed by atoms with E-state index >= 15 is 0 Å². The van der Waals surface area contributed by atoms with Crippen LogP contribution in [0.3, 0.4) is 0 Å². The van der Waals surface area contributed by atoms with Crippen LogP contribution in [0.2, 0.25) is 0 Å². The van der Waals surface area contributed by atoms with Gasteiger partial charge >= 0.3 is 0 Å². The van der Waals surface area contributed by atoms with E-state index in [1.807, 2.05) is 6.92 Å². The number of rotatable bonds is 6. The van der Waals surface area contributed by atoms with Crippen LogP contribution in [-0.4, -0.2) is 19.9 Å². The highest BCUT2D eigenvalue weighted by atomic mass is 35.5. The molecule has 122 valence electrons. The van der Waals surface area contributed by atoms with Crippen molar-refractivity contribution in [3.63, 3.8) is 0 Å². The number of sulfonamides is 1. The van der Waals surface area contributed by atoms with Crippen molar-refractivity contribution in [1.82, 2.24) is 4.72 Å². The van der Waals surface area contributed by atoms with Gasteiger partial charge in [-0.2, -0.15) is 0 Å². The Labute approximate surface area is 139 Å². The predicted molar refractivity (Wildman–Crippen MR) is 88.1 cm³/mol. The summed E-state index contributed by atoms with van der Waals surface area (Å²) in [4.78, 5) is 10.3. The normalized spacial score (nSPS) is 12.8. The van der Waals surface area contributed by atoms with Gasteiger partial charge in [-0.1, -0.05) is 29.8 Å². The Kier molecular flexibility index (Phi) is 5.35. The highest BCUT2D eigenvalue weighted by Crippen LogP contribution is 2.23. The van der Waals surface area contributed by atoms with E-state index in [9.17, 15) is 18.5 Å². The fourth-order valence-corrected chi connectivity index (χ4v) is 3.27. The number of hydrogen-bond acceptors (Lipinski definition) is 4. The van der Waals surface area contributed by atoms with Gasteiger partial charge in [-0.15, -0.1) is 11.6 Å². The first-order valence-corrected chi connectivity index (χ1v) is 8.66. The molecule has 0 aliphatic carbocycles. The Bertz CT molecular complexity index is 789. The Hall–Kier alpha value is -1.96. The molecule has 8 heteroatoms. The number of nitro groups is 1. The third-order valence-electron chi connectivity index (χ3n) is 3.25. The monoisotopic (exact) mass is 354 g/mol. The molecule has 0 amide bonds. The van der Waals surface area contributed by atoms with Crippen molar-refractivity contribution in [3.8, 4) is 0 Å². The molecule has 2 aromatic rings. The average Bonchev–Trinajstić information content (AvgIpc) is 2.53. The molecule has 2 aromatic carbocycles. The second kappa shape index (κ2) is 7.08. The molecule has 0 bridgehead atoms. The topological polar surface area (TPSA) is 89.3 Å². The predicted octanol–water partition coefficient (Wildman–Crippen LogP) is 3.16. The molecule has 0 spiro atoms. The van der Waals surface area contributed by atoms with Gasteiger partial charge in [0.15, 0.2) is 0 Å². The number of nitrogens with zero attached hydrogens (tertiary/aromatic N) is 1. The smallest absolute Gasteiger partial charge is 0.258 e. The third-order valence-corrected chi connectivity index (χ3v) is 5.10. The Balaban J connectivity index is 2.04. The highest BCUT2D eigenvalue weighted by molar-refractivity contribution is 7.89. The molecule has 0 radical (unpaired) electrons. The molecular weight excluding hydrogens is 340 g/mol. The van der Waals surface area contributed by atoms with E-state index in [4.69, 9.17) is 11.6 Å². The third kappa shape index (κ3) is 4.51. The molecule has 0 aromatic heterocycles. The SMILES string of the molecule is Cc1ccc(S(=O)(=O)NCC(Cl)c2ccc([N+](=O)[O-])cc2)cc1. The molecule has 0 saturated heterocycles. The summed E-state index contributed by atoms with van der Waals surface area (Å²) in [5, 5.41) is 9.97. The summed E-state index contributed by atoms with van der Waals surface area (Å²) in [6.07, 6.45) is 0. The molecule has 0 heterocycles. The van der Waals surface area contributed by atoms with Crippen LogP contribution < -0.4 is 4.72 Å². The zero-order valence-electron chi connectivity index (χ0n) is 12.3. The van der Waals surface area contributed by atoms with Crippen LogP contribution in [-0.2, 0) is 10.0 Å². The summed E-state index contributed by atoms with van der Waals surface area (Å²) < 4.78 is 26.8. The number of halogens is 1. The minimum Gasteiger partial charge on any atom is -0.258 e. The maximum Gasteiger partial charge on any atom is 0.269 e. The Morgan fingerprint density at radius 3 is 2.22 bits per heavy atom. The van der Waals surface area contributed by atoms with E-state index in [0.29, 0.717) is 5.56 Å². The zero-order valence-corrected chi connectivity index (χ0v) is 13.8. The second-order valence-corrected chi connectivity index (χ2v) is 7.27. The van der Waals surface area contributed by atoms with Crippen LogP contribution in [0.25, 0.3) is 0 Å². The summed E-state index contributed by atoms with van der Waals surface area (Å²) in [6, 6.07) is 12.1. The van der Waals surface area contributed by atoms with Crippen molar-refractivity contribution in [2.45, 2.75) is 17.2 Å². The van der Waals surface area contributed by atoms with Crippen LogP contribution in [0.5, 0.6) is 0 Å². The molecule has 1 unspecified atom stereocenters. The van der Waals surface area contributed by atoms with E-state index in [1.54, 1.807) is 12.1 Å². The molecule has 0 fully saturated rings. The zero-order chi connectivity index (χ0) is 17.0. The van der Waals surface area contributed by atoms with Crippen molar-refractivity contribution in [2.24, 2.45) is 0 Å². The van der Waals surface area contributed by atoms with E-state index < -0.39 is 20.3 Å². The van der Waals surface area contributed by atoms with Gasteiger partial charge in [0, 0.05) is 18.7 Å². The standard InChI is InChI=1S/C15H15ClN2O4S/c1-11-2-8-14(9-3-11)23(21,22)17-10-15(16)12-4-6-13(7-5-12)18(19)20/h2-9,15,17H,10H2,1H3. The summed E-state index contributed by atoms with van der Waals surface area (Å²) in [5.41, 5.74) is 1.52. The van der Waals surface area contributed by atoms with Crippen LogP contribution >= 0.6 is 11.6 Å². The molecule has 1 N–H and O–H groups in total. The van der Waals surface area contributed by atoms with Crippen LogP contribution in [0.1, 0.15) is 16.5 Å². The molecule has 2 rings (SSSR count). The molecule has 23 heavy (non-hydrogen) atoms. The van der Waals surface area contributed by atoms with Gasteiger partial charge in [-0.3, -0.25) is 10.1 Å². The number of nitrogens with one attached hydrogen (secondary N) is 1. The van der Waals surface area contributed by atoms with Crippen LogP contribution in [0.4, 0.5) is 5.69 Å². The number of benzene rings is 2. The van der Waals surface area contributed by atoms with Gasteiger partial charge in [0.25, 0.3) is 5.69 Å². The van der Waals surface area contributed by atoms with E-state index in [1.165, 1.54) is 36.4 Å². The van der Waals surface area contributed by atoms with Crippen molar-refractivity contribution < 1.29 is 13.3 Å². The molecule has 1 atom stereocenters. The summed E-state index contributed by atoms with van der Waals surface area (Å²) >= 11 is 6.16. The lowest BCUT2D eigenvalue weighted by Gasteiger charge is -2.12. The lowest BCUT2D eigenvalue weighted by atomic mass is 10.1. The maximum absolute atomic E-state index is 12.2. The van der Waals surface area contributed by atoms with Crippen LogP contribution in [0, 0.1) is 17.0 Å². The largest absolute Gasteiger partial charge is 0.269 e. The highest BCUT2D eigenvalue weighted by Gasteiger charge is 2.17. The van der Waals surface area contributed by atoms with Crippen molar-refractivity contribution >= 4 is 27.3 Å². The number of nitro benzene ring substituents is 1. The summed E-state index contributed by atoms with van der Waals surface area (Å²) in [6.45, 7) is 1.85. The van der Waals surface area contributed by atoms with E-state index in [2.05, 4.69) is 4.72 Å². The molecular formula is C15H15ClN2O4S. The maximum atomic E-state index is 12.2. The lowest BCUT2D eigenvalue weighted by Crippen LogP contribution is -2.27. The van der Waals surface area contributed by atoms with E-state index in [-0.39, 0.29) is 17.1 Å². The number of alkyl halides is 1. The first-order valence-electron chi connectivity index (χ1n) is 6.74. The van der Waals surface area contributed by atoms with Gasteiger partial charge in [0.1, 0.15) is 0 Å². The summed E-state index contributed by atoms with van der Waals surface area (Å²) in [5.74, 6) is 0. The minimum atomic E-state index is -3.64. The number of hydrogen-bond donors (Lipinski definition) is 1. The van der Waals surface area contributed by atoms with Gasteiger partial charge in [-0.05, 0) is 24.6 Å². The Morgan fingerprint density at radius 1 is 1.13 bits per heavy atom. The molecule has 0 aliphatic rings. The number of aryl methyl sites for hydroxylation is 1. The fourth-order valence-electron chi connectivity index (χ4n) is 1.91. The molecule has 0 saturated carbocycles. The van der Waals surface area contributed by atoms with Gasteiger partial charge < -0.3 is 0 Å². The number of non-ortho nitro benzene ring substituents is 1. The van der Waals surface area contributed by atoms with Gasteiger partial charge in [-0.25, -0.2) is 13.1 Å². The van der Waals surface area contributed by atoms with Crippen molar-refractivity contribution in [3.05, 3.63) is 69.8 Å².